The van der Waals surface area contributed by atoms with Gasteiger partial charge in [0.05, 0.1) is 18.6 Å². The van der Waals surface area contributed by atoms with Crippen LogP contribution in [0.4, 0.5) is 0 Å². The lowest BCUT2D eigenvalue weighted by atomic mass is 9.84. The molecular formula is C12H20N2O. The van der Waals surface area contributed by atoms with E-state index in [1.807, 2.05) is 12.5 Å². The fourth-order valence-electron chi connectivity index (χ4n) is 2.51. The molecule has 0 spiro atoms. The molecule has 0 bridgehead atoms. The zero-order valence-corrected chi connectivity index (χ0v) is 9.39. The first-order valence-electron chi connectivity index (χ1n) is 5.96. The Labute approximate surface area is 91.1 Å². The lowest BCUT2D eigenvalue weighted by Gasteiger charge is -2.28. The predicted octanol–water partition coefficient (Wildman–Crippen LogP) is 2.52. The number of hydrogen-bond donors (Lipinski definition) is 1. The van der Waals surface area contributed by atoms with Crippen molar-refractivity contribution >= 4 is 0 Å². The lowest BCUT2D eigenvalue weighted by molar-refractivity contribution is 0.266. The van der Waals surface area contributed by atoms with Crippen LogP contribution in [-0.4, -0.2) is 14.7 Å². The molecule has 3 heteroatoms. The van der Waals surface area contributed by atoms with E-state index in [4.69, 9.17) is 5.11 Å². The molecule has 1 aromatic heterocycles. The first-order valence-corrected chi connectivity index (χ1v) is 5.96. The third kappa shape index (κ3) is 2.40. The van der Waals surface area contributed by atoms with Crippen molar-refractivity contribution in [2.24, 2.45) is 5.92 Å². The highest BCUT2D eigenvalue weighted by molar-refractivity contribution is 4.96. The van der Waals surface area contributed by atoms with Gasteiger partial charge < -0.3 is 9.67 Å². The molecule has 0 saturated heterocycles. The number of imidazole rings is 1. The van der Waals surface area contributed by atoms with E-state index in [-0.39, 0.29) is 6.61 Å². The van der Waals surface area contributed by atoms with Crippen LogP contribution in [0, 0.1) is 5.92 Å². The van der Waals surface area contributed by atoms with Crippen molar-refractivity contribution in [2.45, 2.75) is 51.7 Å². The second kappa shape index (κ2) is 4.79. The zero-order valence-electron chi connectivity index (χ0n) is 9.39. The maximum Gasteiger partial charge on any atom is 0.0953 e. The van der Waals surface area contributed by atoms with Gasteiger partial charge in [-0.25, -0.2) is 4.98 Å². The van der Waals surface area contributed by atoms with Crippen molar-refractivity contribution in [2.75, 3.05) is 0 Å². The van der Waals surface area contributed by atoms with Crippen LogP contribution in [0.25, 0.3) is 0 Å². The third-order valence-electron chi connectivity index (χ3n) is 3.63. The minimum absolute atomic E-state index is 0.0529. The Balaban J connectivity index is 1.95. The van der Waals surface area contributed by atoms with Crippen LogP contribution >= 0.6 is 0 Å². The van der Waals surface area contributed by atoms with Crippen LogP contribution in [0.2, 0.25) is 0 Å². The first kappa shape index (κ1) is 10.7. The van der Waals surface area contributed by atoms with E-state index >= 15 is 0 Å². The molecule has 1 N–H and O–H groups in total. The number of rotatable bonds is 3. The highest BCUT2D eigenvalue weighted by Gasteiger charge is 2.20. The normalized spacial score (nSPS) is 26.8. The minimum Gasteiger partial charge on any atom is -0.390 e. The van der Waals surface area contributed by atoms with Gasteiger partial charge in [0.25, 0.3) is 0 Å². The summed E-state index contributed by atoms with van der Waals surface area (Å²) in [6, 6.07) is 0.612. The molecule has 1 aliphatic carbocycles. The van der Waals surface area contributed by atoms with Gasteiger partial charge >= 0.3 is 0 Å². The van der Waals surface area contributed by atoms with Crippen LogP contribution < -0.4 is 0 Å². The minimum atomic E-state index is 0.0529. The molecule has 3 nitrogen and oxygen atoms in total. The molecule has 1 heterocycles. The third-order valence-corrected chi connectivity index (χ3v) is 3.63. The first-order chi connectivity index (χ1) is 7.33. The number of aromatic nitrogens is 2. The van der Waals surface area contributed by atoms with Gasteiger partial charge in [-0.15, -0.1) is 0 Å². The van der Waals surface area contributed by atoms with Gasteiger partial charge in [0.1, 0.15) is 0 Å². The molecular weight excluding hydrogens is 188 g/mol. The maximum atomic E-state index is 8.95. The topological polar surface area (TPSA) is 38.0 Å². The lowest BCUT2D eigenvalue weighted by Crippen LogP contribution is -2.16. The molecule has 84 valence electrons. The van der Waals surface area contributed by atoms with Crippen molar-refractivity contribution in [3.8, 4) is 0 Å². The average molecular weight is 208 g/mol. The molecule has 0 aromatic carbocycles. The molecule has 0 aliphatic heterocycles. The predicted molar refractivity (Wildman–Crippen MR) is 59.4 cm³/mol. The standard InChI is InChI=1S/C12H20N2O/c1-2-10-3-5-12(6-4-10)14-7-11(8-15)13-9-14/h7,9-10,12,15H,2-6,8H2,1H3. The molecule has 1 aromatic rings. The number of hydrogen-bond acceptors (Lipinski definition) is 2. The highest BCUT2D eigenvalue weighted by Crippen LogP contribution is 2.33. The largest absolute Gasteiger partial charge is 0.390 e. The summed E-state index contributed by atoms with van der Waals surface area (Å²) in [6.45, 7) is 2.34. The summed E-state index contributed by atoms with van der Waals surface area (Å²) in [5.41, 5.74) is 0.785. The van der Waals surface area contributed by atoms with Gasteiger partial charge in [0.2, 0.25) is 0 Å². The molecule has 0 radical (unpaired) electrons. The molecule has 1 saturated carbocycles. The van der Waals surface area contributed by atoms with Gasteiger partial charge in [-0.3, -0.25) is 0 Å². The molecule has 2 rings (SSSR count). The van der Waals surface area contributed by atoms with E-state index in [2.05, 4.69) is 16.5 Å². The Kier molecular flexibility index (Phi) is 3.41. The molecule has 1 aliphatic rings. The van der Waals surface area contributed by atoms with Crippen LogP contribution in [0.5, 0.6) is 0 Å². The number of aliphatic hydroxyl groups excluding tert-OH is 1. The Morgan fingerprint density at radius 2 is 2.13 bits per heavy atom. The van der Waals surface area contributed by atoms with Crippen LogP contribution in [0.3, 0.4) is 0 Å². The smallest absolute Gasteiger partial charge is 0.0953 e. The van der Waals surface area contributed by atoms with E-state index in [1.165, 1.54) is 32.1 Å². The van der Waals surface area contributed by atoms with E-state index in [0.717, 1.165) is 11.6 Å². The summed E-state index contributed by atoms with van der Waals surface area (Å²) in [7, 11) is 0. The molecule has 15 heavy (non-hydrogen) atoms. The highest BCUT2D eigenvalue weighted by atomic mass is 16.3. The summed E-state index contributed by atoms with van der Waals surface area (Å²) in [6.07, 6.45) is 10.4. The van der Waals surface area contributed by atoms with E-state index in [0.29, 0.717) is 6.04 Å². The Bertz CT molecular complexity index is 300. The second-order valence-electron chi connectivity index (χ2n) is 4.55. The summed E-state index contributed by atoms with van der Waals surface area (Å²) in [5, 5.41) is 8.95. The monoisotopic (exact) mass is 208 g/mol. The van der Waals surface area contributed by atoms with E-state index in [9.17, 15) is 0 Å². The number of aliphatic hydroxyl groups is 1. The Morgan fingerprint density at radius 3 is 2.67 bits per heavy atom. The maximum absolute atomic E-state index is 8.95. The van der Waals surface area contributed by atoms with Crippen molar-refractivity contribution in [3.63, 3.8) is 0 Å². The average Bonchev–Trinajstić information content (AvgIpc) is 2.78. The summed E-state index contributed by atoms with van der Waals surface area (Å²) >= 11 is 0. The van der Waals surface area contributed by atoms with Crippen LogP contribution in [0.1, 0.15) is 50.8 Å². The fraction of sp³-hybridized carbons (Fsp3) is 0.750. The van der Waals surface area contributed by atoms with Crippen molar-refractivity contribution in [1.29, 1.82) is 0 Å². The molecule has 1 fully saturated rings. The van der Waals surface area contributed by atoms with Crippen molar-refractivity contribution in [3.05, 3.63) is 18.2 Å². The quantitative estimate of drug-likeness (QED) is 0.828. The zero-order chi connectivity index (χ0) is 10.7. The Hall–Kier alpha value is -0.830. The van der Waals surface area contributed by atoms with Gasteiger partial charge in [-0.05, 0) is 31.6 Å². The summed E-state index contributed by atoms with van der Waals surface area (Å²) < 4.78 is 2.18. The SMILES string of the molecule is CCC1CCC(n2cnc(CO)c2)CC1. The molecule has 0 atom stereocenters. The van der Waals surface area contributed by atoms with Crippen LogP contribution in [0.15, 0.2) is 12.5 Å². The summed E-state index contributed by atoms with van der Waals surface area (Å²) in [5.74, 6) is 0.932. The molecule has 0 unspecified atom stereocenters. The van der Waals surface area contributed by atoms with Crippen molar-refractivity contribution in [1.82, 2.24) is 9.55 Å². The van der Waals surface area contributed by atoms with Crippen LogP contribution in [-0.2, 0) is 6.61 Å². The second-order valence-corrected chi connectivity index (χ2v) is 4.55. The van der Waals surface area contributed by atoms with Gasteiger partial charge in [-0.2, -0.15) is 0 Å². The van der Waals surface area contributed by atoms with E-state index < -0.39 is 0 Å². The Morgan fingerprint density at radius 1 is 1.40 bits per heavy atom. The van der Waals surface area contributed by atoms with E-state index in [1.54, 1.807) is 0 Å². The van der Waals surface area contributed by atoms with Crippen molar-refractivity contribution < 1.29 is 5.11 Å². The summed E-state index contributed by atoms with van der Waals surface area (Å²) in [4.78, 5) is 4.16. The van der Waals surface area contributed by atoms with Gasteiger partial charge in [0.15, 0.2) is 0 Å². The van der Waals surface area contributed by atoms with Gasteiger partial charge in [0, 0.05) is 12.2 Å². The van der Waals surface area contributed by atoms with Gasteiger partial charge in [-0.1, -0.05) is 13.3 Å². The fourth-order valence-corrected chi connectivity index (χ4v) is 2.51. The molecule has 0 amide bonds. The number of nitrogens with zero attached hydrogens (tertiary/aromatic N) is 2.